The number of aliphatic hydroxyl groups excluding tert-OH is 1. The Bertz CT molecular complexity index is 2580. The molecule has 0 saturated heterocycles. The van der Waals surface area contributed by atoms with E-state index in [-0.39, 0.29) is 25.7 Å². The summed E-state index contributed by atoms with van der Waals surface area (Å²) in [6.07, 6.45) is 89.8. The SMILES string of the molecule is CC/C=C\C/C=C\C/C=C\C/C=C\C/C=C\C/C=C\CCC(=O)OC[C@H](COP(=O)(O)OC[C@@H](O)COP(=O)(O)OC[C@@H](COC(=O)CCCCCCC/C=C\CCCCCCCC)OC(=O)CCCCCCCCC/C=C\CCCCCC)OC(=O)CCC/C=C\C/C=C\C/C=C\C/C=C\CCCCC. The molecule has 0 bridgehead atoms. The van der Waals surface area contributed by atoms with Gasteiger partial charge in [0.1, 0.15) is 19.3 Å². The lowest BCUT2D eigenvalue weighted by Crippen LogP contribution is -2.30. The predicted molar refractivity (Wildman–Crippen MR) is 436 cm³/mol. The van der Waals surface area contributed by atoms with Crippen LogP contribution in [0.25, 0.3) is 0 Å². The van der Waals surface area contributed by atoms with Gasteiger partial charge >= 0.3 is 39.5 Å². The van der Waals surface area contributed by atoms with Gasteiger partial charge in [0.2, 0.25) is 0 Å². The Kier molecular flexibility index (Phi) is 74.3. The fraction of sp³-hybridized carbons (Fsp3) is 0.678. The summed E-state index contributed by atoms with van der Waals surface area (Å²) in [6, 6.07) is 0. The average Bonchev–Trinajstić information content (AvgIpc) is 0.902. The molecule has 0 aliphatic heterocycles. The van der Waals surface area contributed by atoms with Crippen LogP contribution in [0.1, 0.15) is 323 Å². The van der Waals surface area contributed by atoms with Gasteiger partial charge in [-0.15, -0.1) is 0 Å². The summed E-state index contributed by atoms with van der Waals surface area (Å²) in [6.45, 7) is 4.57. The van der Waals surface area contributed by atoms with Crippen LogP contribution in [-0.4, -0.2) is 96.7 Å². The molecule has 5 atom stereocenters. The van der Waals surface area contributed by atoms with Crippen molar-refractivity contribution >= 4 is 39.5 Å². The third kappa shape index (κ3) is 77.1. The maximum atomic E-state index is 13.1. The van der Waals surface area contributed by atoms with E-state index in [4.69, 9.17) is 37.0 Å². The first kappa shape index (κ1) is 101. The van der Waals surface area contributed by atoms with Gasteiger partial charge in [-0.3, -0.25) is 37.3 Å². The van der Waals surface area contributed by atoms with E-state index in [0.29, 0.717) is 38.5 Å². The van der Waals surface area contributed by atoms with Crippen molar-refractivity contribution in [3.05, 3.63) is 146 Å². The van der Waals surface area contributed by atoms with E-state index in [1.807, 2.05) is 30.4 Å². The van der Waals surface area contributed by atoms with Gasteiger partial charge in [-0.25, -0.2) is 9.13 Å². The number of hydrogen-bond donors (Lipinski definition) is 3. The van der Waals surface area contributed by atoms with Crippen molar-refractivity contribution < 1.29 is 80.2 Å². The van der Waals surface area contributed by atoms with E-state index in [1.165, 1.54) is 83.5 Å². The molecule has 0 fully saturated rings. The Morgan fingerprint density at radius 1 is 0.274 bits per heavy atom. The van der Waals surface area contributed by atoms with Crippen molar-refractivity contribution in [2.24, 2.45) is 0 Å². The quantitative estimate of drug-likeness (QED) is 0.0169. The fourth-order valence-electron chi connectivity index (χ4n) is 10.5. The molecule has 0 saturated carbocycles. The van der Waals surface area contributed by atoms with Crippen LogP contribution in [-0.2, 0) is 65.4 Å². The lowest BCUT2D eigenvalue weighted by Gasteiger charge is -2.21. The summed E-state index contributed by atoms with van der Waals surface area (Å²) in [4.78, 5) is 73.0. The van der Waals surface area contributed by atoms with Crippen LogP contribution >= 0.6 is 15.6 Å². The summed E-state index contributed by atoms with van der Waals surface area (Å²) in [5, 5.41) is 10.6. The van der Waals surface area contributed by atoms with Crippen molar-refractivity contribution in [1.82, 2.24) is 0 Å². The van der Waals surface area contributed by atoms with E-state index >= 15 is 0 Å². The molecule has 0 radical (unpaired) electrons. The molecule has 0 spiro atoms. The molecule has 19 heteroatoms. The second-order valence-corrected chi connectivity index (χ2v) is 29.9. The number of aliphatic hydroxyl groups is 1. The molecule has 17 nitrogen and oxygen atoms in total. The standard InChI is InChI=1S/C87H146O17P2/c1-5-9-13-17-21-25-29-33-37-39-40-42-45-48-52-56-60-64-68-72-85(90)98-78-83(104-87(92)74-70-66-62-58-54-50-46-41-38-34-30-26-22-18-14-10-6-2)80-102-106(95,96)100-76-81(88)75-99-105(93,94)101-79-82(103-86(91)73-69-65-61-57-53-49-44-36-32-28-24-20-16-12-8-4)77-97-84(89)71-67-63-59-55-51-47-43-35-31-27-23-19-15-11-7-3/h9,13,21-22,25-26,28,32-35,37-38,40,42-43,46,48,50,52,58,60,62,64,81-83,88H,5-8,10-12,14-20,23-24,27,29-31,36,39,41,44-45,47,49,51,53-57,59,61,63,65-80H2,1-4H3,(H,93,94)(H,95,96)/b13-9-,25-21-,26-22-,32-28-,37-33-,38-34-,42-40-,43-35-,50-46-,52-48-,62-58-,64-60-/t81-,82+,83+/m0/s1. The molecule has 0 aromatic carbocycles. The van der Waals surface area contributed by atoms with Gasteiger partial charge in [0.15, 0.2) is 12.2 Å². The first-order valence-corrected chi connectivity index (χ1v) is 44.1. The lowest BCUT2D eigenvalue weighted by molar-refractivity contribution is -0.161. The van der Waals surface area contributed by atoms with E-state index in [2.05, 4.69) is 143 Å². The molecular formula is C87H146O17P2. The van der Waals surface area contributed by atoms with Gasteiger partial charge < -0.3 is 33.8 Å². The topological polar surface area (TPSA) is 237 Å². The zero-order chi connectivity index (χ0) is 77.4. The number of carbonyl (C=O) groups excluding carboxylic acids is 4. The number of rotatable bonds is 76. The second-order valence-electron chi connectivity index (χ2n) is 27.0. The highest BCUT2D eigenvalue weighted by Gasteiger charge is 2.30. The molecule has 106 heavy (non-hydrogen) atoms. The van der Waals surface area contributed by atoms with Crippen LogP contribution in [0.2, 0.25) is 0 Å². The number of carbonyl (C=O) groups is 4. The number of hydrogen-bond acceptors (Lipinski definition) is 15. The zero-order valence-corrected chi connectivity index (χ0v) is 68.1. The van der Waals surface area contributed by atoms with Crippen LogP contribution < -0.4 is 0 Å². The lowest BCUT2D eigenvalue weighted by atomic mass is 10.1. The maximum absolute atomic E-state index is 13.1. The summed E-state index contributed by atoms with van der Waals surface area (Å²) in [5.74, 6) is -2.35. The Labute approximate surface area is 643 Å². The van der Waals surface area contributed by atoms with Gasteiger partial charge in [-0.1, -0.05) is 289 Å². The van der Waals surface area contributed by atoms with Crippen molar-refractivity contribution in [1.29, 1.82) is 0 Å². The second kappa shape index (κ2) is 78.1. The first-order valence-electron chi connectivity index (χ1n) is 41.1. The summed E-state index contributed by atoms with van der Waals surface area (Å²) >= 11 is 0. The maximum Gasteiger partial charge on any atom is 0.472 e. The van der Waals surface area contributed by atoms with Crippen LogP contribution in [0.15, 0.2) is 146 Å². The highest BCUT2D eigenvalue weighted by molar-refractivity contribution is 7.47. The number of phosphoric ester groups is 2. The Balaban J connectivity index is 5.50. The number of phosphoric acid groups is 2. The monoisotopic (exact) mass is 1530 g/mol. The van der Waals surface area contributed by atoms with Gasteiger partial charge in [-0.2, -0.15) is 0 Å². The van der Waals surface area contributed by atoms with E-state index < -0.39 is 97.5 Å². The molecule has 0 aliphatic carbocycles. The number of ether oxygens (including phenoxy) is 4. The summed E-state index contributed by atoms with van der Waals surface area (Å²) < 4.78 is 68.5. The minimum Gasteiger partial charge on any atom is -0.462 e. The molecule has 3 N–H and O–H groups in total. The van der Waals surface area contributed by atoms with Gasteiger partial charge in [0, 0.05) is 25.7 Å². The summed E-state index contributed by atoms with van der Waals surface area (Å²) in [7, 11) is -10.0. The number of esters is 4. The van der Waals surface area contributed by atoms with E-state index in [9.17, 15) is 43.2 Å². The zero-order valence-electron chi connectivity index (χ0n) is 66.3. The highest BCUT2D eigenvalue weighted by Crippen LogP contribution is 2.45. The van der Waals surface area contributed by atoms with Crippen molar-refractivity contribution in [3.63, 3.8) is 0 Å². The normalized spacial score (nSPS) is 14.6. The molecule has 2 unspecified atom stereocenters. The highest BCUT2D eigenvalue weighted by atomic mass is 31.2. The number of unbranched alkanes of at least 4 members (excludes halogenated alkanes) is 26. The van der Waals surface area contributed by atoms with E-state index in [0.717, 1.165) is 148 Å². The molecular weight excluding hydrogens is 1380 g/mol. The van der Waals surface area contributed by atoms with Crippen molar-refractivity contribution in [3.8, 4) is 0 Å². The minimum absolute atomic E-state index is 0.00105. The van der Waals surface area contributed by atoms with Crippen LogP contribution in [0.3, 0.4) is 0 Å². The van der Waals surface area contributed by atoms with Gasteiger partial charge in [0.05, 0.1) is 26.4 Å². The van der Waals surface area contributed by atoms with Crippen molar-refractivity contribution in [2.45, 2.75) is 341 Å². The molecule has 606 valence electrons. The van der Waals surface area contributed by atoms with E-state index in [1.54, 1.807) is 0 Å². The van der Waals surface area contributed by atoms with Crippen LogP contribution in [0, 0.1) is 0 Å². The minimum atomic E-state index is -5.01. The Morgan fingerprint density at radius 3 is 0.887 bits per heavy atom. The molecule has 0 heterocycles. The molecule has 0 rings (SSSR count). The smallest absolute Gasteiger partial charge is 0.462 e. The first-order chi connectivity index (χ1) is 51.7. The average molecular weight is 1530 g/mol. The van der Waals surface area contributed by atoms with Crippen LogP contribution in [0.4, 0.5) is 0 Å². The summed E-state index contributed by atoms with van der Waals surface area (Å²) in [5.41, 5.74) is 0. The molecule has 0 aromatic rings. The third-order valence-electron chi connectivity index (χ3n) is 16.8. The largest absolute Gasteiger partial charge is 0.472 e. The van der Waals surface area contributed by atoms with Gasteiger partial charge in [-0.05, 0) is 154 Å². The number of allylic oxidation sites excluding steroid dienone is 24. The molecule has 0 aliphatic rings. The Morgan fingerprint density at radius 2 is 0.519 bits per heavy atom. The predicted octanol–water partition coefficient (Wildman–Crippen LogP) is 24.2. The molecule has 0 amide bonds. The van der Waals surface area contributed by atoms with Crippen molar-refractivity contribution in [2.75, 3.05) is 39.6 Å². The van der Waals surface area contributed by atoms with Gasteiger partial charge in [0.25, 0.3) is 0 Å². The fourth-order valence-corrected chi connectivity index (χ4v) is 12.1. The van der Waals surface area contributed by atoms with Crippen LogP contribution in [0.5, 0.6) is 0 Å². The third-order valence-corrected chi connectivity index (χ3v) is 18.7. The molecule has 0 aromatic heterocycles. The Hall–Kier alpha value is -5.06.